The van der Waals surface area contributed by atoms with Gasteiger partial charge < -0.3 is 0 Å². The first-order chi connectivity index (χ1) is 11.7. The number of nitrogens with zero attached hydrogens (tertiary/aromatic N) is 3. The summed E-state index contributed by atoms with van der Waals surface area (Å²) in [5.41, 5.74) is 4.74. The van der Waals surface area contributed by atoms with Gasteiger partial charge in [-0.3, -0.25) is 0 Å². The molecule has 0 spiro atoms. The number of aryl methyl sites for hydroxylation is 2. The van der Waals surface area contributed by atoms with Crippen LogP contribution < -0.4 is 4.57 Å². The van der Waals surface area contributed by atoms with E-state index in [1.54, 1.807) is 12.7 Å². The highest BCUT2D eigenvalue weighted by Gasteiger charge is 2.14. The van der Waals surface area contributed by atoms with Gasteiger partial charge in [0.15, 0.2) is 0 Å². The lowest BCUT2D eigenvalue weighted by molar-refractivity contribution is -0.666. The van der Waals surface area contributed by atoms with E-state index in [2.05, 4.69) is 77.6 Å². The van der Waals surface area contributed by atoms with Crippen LogP contribution in [0.15, 0.2) is 73.3 Å². The number of aromatic nitrogens is 3. The Bertz CT molecular complexity index is 1040. The molecule has 0 amide bonds. The Morgan fingerprint density at radius 1 is 0.833 bits per heavy atom. The number of hydrogen-bond donors (Lipinski definition) is 0. The summed E-state index contributed by atoms with van der Waals surface area (Å²) in [6.45, 7) is 2.11. The van der Waals surface area contributed by atoms with Crippen LogP contribution in [0.1, 0.15) is 5.56 Å². The van der Waals surface area contributed by atoms with Crippen LogP contribution in [0.3, 0.4) is 0 Å². The monoisotopic (exact) mass is 312 g/mol. The highest BCUT2D eigenvalue weighted by Crippen LogP contribution is 2.29. The summed E-state index contributed by atoms with van der Waals surface area (Å²) < 4.78 is 1.95. The highest BCUT2D eigenvalue weighted by atomic mass is 15.1. The van der Waals surface area contributed by atoms with E-state index in [4.69, 9.17) is 0 Å². The molecule has 3 aromatic carbocycles. The minimum absolute atomic E-state index is 0.921. The fraction of sp³-hybridized carbons (Fsp3) is 0.0952. The Hall–Kier alpha value is -3.07. The first kappa shape index (κ1) is 14.5. The van der Waals surface area contributed by atoms with Gasteiger partial charge in [-0.15, -0.1) is 0 Å². The number of fused-ring (bicyclic) bond motifs is 1. The van der Waals surface area contributed by atoms with Crippen molar-refractivity contribution < 1.29 is 4.57 Å². The average molecular weight is 312 g/mol. The van der Waals surface area contributed by atoms with E-state index in [0.29, 0.717) is 0 Å². The summed E-state index contributed by atoms with van der Waals surface area (Å²) in [4.78, 5) is 8.51. The van der Waals surface area contributed by atoms with E-state index in [1.165, 1.54) is 27.5 Å². The van der Waals surface area contributed by atoms with Crippen LogP contribution in [-0.2, 0) is 7.05 Å². The predicted molar refractivity (Wildman–Crippen MR) is 96.3 cm³/mol. The molecule has 4 aromatic rings. The minimum Gasteiger partial charge on any atom is -0.236 e. The molecule has 3 nitrogen and oxygen atoms in total. The number of hydrogen-bond acceptors (Lipinski definition) is 2. The summed E-state index contributed by atoms with van der Waals surface area (Å²) in [5.74, 6) is 0.921. The van der Waals surface area contributed by atoms with Crippen LogP contribution in [0.5, 0.6) is 0 Å². The summed E-state index contributed by atoms with van der Waals surface area (Å²) >= 11 is 0. The first-order valence-corrected chi connectivity index (χ1v) is 7.98. The molecule has 0 bridgehead atoms. The molecule has 0 fully saturated rings. The zero-order valence-electron chi connectivity index (χ0n) is 13.8. The third-order valence-electron chi connectivity index (χ3n) is 4.38. The topological polar surface area (TPSA) is 29.7 Å². The molecule has 0 aliphatic rings. The lowest BCUT2D eigenvalue weighted by atomic mass is 9.97. The van der Waals surface area contributed by atoms with Gasteiger partial charge in [0, 0.05) is 0 Å². The highest BCUT2D eigenvalue weighted by molar-refractivity contribution is 5.87. The van der Waals surface area contributed by atoms with Gasteiger partial charge in [0.2, 0.25) is 6.33 Å². The van der Waals surface area contributed by atoms with E-state index in [1.807, 2.05) is 11.6 Å². The van der Waals surface area contributed by atoms with E-state index < -0.39 is 0 Å². The summed E-state index contributed by atoms with van der Waals surface area (Å²) in [5, 5.41) is 2.51. The van der Waals surface area contributed by atoms with Crippen LogP contribution in [-0.4, -0.2) is 9.97 Å². The van der Waals surface area contributed by atoms with Crippen molar-refractivity contribution in [1.29, 1.82) is 0 Å². The van der Waals surface area contributed by atoms with Crippen LogP contribution in [0, 0.1) is 6.92 Å². The Morgan fingerprint density at radius 2 is 1.58 bits per heavy atom. The first-order valence-electron chi connectivity index (χ1n) is 7.98. The maximum Gasteiger partial charge on any atom is 0.273 e. The maximum atomic E-state index is 4.45. The Balaban J connectivity index is 1.87. The Kier molecular flexibility index (Phi) is 3.54. The molecule has 0 aliphatic carbocycles. The predicted octanol–water partition coefficient (Wildman–Crippen LogP) is 4.10. The summed E-state index contributed by atoms with van der Waals surface area (Å²) in [6.07, 6.45) is 3.38. The third-order valence-corrected chi connectivity index (χ3v) is 4.38. The van der Waals surface area contributed by atoms with Crippen LogP contribution in [0.25, 0.3) is 33.3 Å². The second-order valence-corrected chi connectivity index (χ2v) is 6.04. The van der Waals surface area contributed by atoms with Gasteiger partial charge in [-0.25, -0.2) is 4.57 Å². The van der Waals surface area contributed by atoms with Crippen molar-refractivity contribution in [3.8, 4) is 22.5 Å². The van der Waals surface area contributed by atoms with E-state index in [0.717, 1.165) is 11.4 Å². The van der Waals surface area contributed by atoms with Crippen molar-refractivity contribution in [2.45, 2.75) is 6.92 Å². The van der Waals surface area contributed by atoms with Gasteiger partial charge in [-0.05, 0) is 46.5 Å². The third kappa shape index (κ3) is 2.54. The molecule has 1 aromatic heterocycles. The molecule has 0 N–H and O–H groups in total. The van der Waals surface area contributed by atoms with Crippen molar-refractivity contribution in [3.63, 3.8) is 0 Å². The van der Waals surface area contributed by atoms with Crippen molar-refractivity contribution in [1.82, 2.24) is 9.97 Å². The average Bonchev–Trinajstić information content (AvgIpc) is 2.62. The van der Waals surface area contributed by atoms with Crippen LogP contribution in [0.2, 0.25) is 0 Å². The van der Waals surface area contributed by atoms with Crippen molar-refractivity contribution in [2.24, 2.45) is 7.05 Å². The van der Waals surface area contributed by atoms with E-state index in [9.17, 15) is 0 Å². The van der Waals surface area contributed by atoms with Crippen molar-refractivity contribution >= 4 is 10.8 Å². The molecule has 116 valence electrons. The van der Waals surface area contributed by atoms with E-state index in [-0.39, 0.29) is 0 Å². The minimum atomic E-state index is 0.921. The Morgan fingerprint density at radius 3 is 2.42 bits per heavy atom. The maximum absolute atomic E-state index is 4.45. The van der Waals surface area contributed by atoms with Gasteiger partial charge in [0.1, 0.15) is 0 Å². The molecule has 1 heterocycles. The second kappa shape index (κ2) is 5.85. The summed E-state index contributed by atoms with van der Waals surface area (Å²) in [7, 11) is 1.97. The van der Waals surface area contributed by atoms with Crippen LogP contribution >= 0.6 is 0 Å². The molecule has 4 rings (SSSR count). The smallest absolute Gasteiger partial charge is 0.236 e. The second-order valence-electron chi connectivity index (χ2n) is 6.04. The van der Waals surface area contributed by atoms with Crippen molar-refractivity contribution in [2.75, 3.05) is 0 Å². The van der Waals surface area contributed by atoms with E-state index >= 15 is 0 Å². The standard InChI is InChI=1S/C21H18N3/c1-15-7-8-19(12-20(15)21-23-13-22-14-24(21)2)18-10-9-16-5-3-4-6-17(16)11-18/h3-14H,1-2H3/q+1. The van der Waals surface area contributed by atoms with Crippen molar-refractivity contribution in [3.05, 3.63) is 78.9 Å². The molecule has 0 saturated heterocycles. The molecule has 0 unspecified atom stereocenters. The van der Waals surface area contributed by atoms with Gasteiger partial charge >= 0.3 is 0 Å². The SMILES string of the molecule is Cc1ccc(-c2ccc3ccccc3c2)cc1-c1ncnc[n+]1C. The zero-order chi connectivity index (χ0) is 16.5. The van der Waals surface area contributed by atoms with Crippen LogP contribution in [0.4, 0.5) is 0 Å². The molecule has 0 saturated carbocycles. The normalized spacial score (nSPS) is 10.9. The zero-order valence-corrected chi connectivity index (χ0v) is 13.8. The fourth-order valence-electron chi connectivity index (χ4n) is 3.03. The summed E-state index contributed by atoms with van der Waals surface area (Å²) in [6, 6.07) is 21.6. The van der Waals surface area contributed by atoms with Gasteiger partial charge in [0.05, 0.1) is 12.6 Å². The fourth-order valence-corrected chi connectivity index (χ4v) is 3.03. The molecular weight excluding hydrogens is 294 g/mol. The number of rotatable bonds is 2. The number of benzene rings is 3. The molecule has 3 heteroatoms. The Labute approximate surface area is 141 Å². The van der Waals surface area contributed by atoms with Gasteiger partial charge in [0.25, 0.3) is 12.2 Å². The quantitative estimate of drug-likeness (QED) is 0.522. The lowest BCUT2D eigenvalue weighted by Crippen LogP contribution is -2.32. The van der Waals surface area contributed by atoms with Gasteiger partial charge in [-0.1, -0.05) is 58.5 Å². The molecule has 0 aliphatic heterocycles. The molecule has 0 atom stereocenters. The lowest BCUT2D eigenvalue weighted by Gasteiger charge is -2.09. The molecule has 24 heavy (non-hydrogen) atoms. The van der Waals surface area contributed by atoms with Gasteiger partial charge in [-0.2, -0.15) is 0 Å². The molecular formula is C21H18N3+. The largest absolute Gasteiger partial charge is 0.273 e. The molecule has 0 radical (unpaired) electrons.